The minimum absolute atomic E-state index is 0.0367. The third-order valence-corrected chi connectivity index (χ3v) is 9.55. The third kappa shape index (κ3) is 19.4. The monoisotopic (exact) mass is 821 g/mol. The molecule has 1 saturated carbocycles. The first-order valence-corrected chi connectivity index (χ1v) is 20.0. The van der Waals surface area contributed by atoms with Crippen molar-refractivity contribution in [3.63, 3.8) is 0 Å². The number of rotatable bonds is 26. The van der Waals surface area contributed by atoms with Gasteiger partial charge in [0.15, 0.2) is 6.29 Å². The van der Waals surface area contributed by atoms with Gasteiger partial charge in [-0.2, -0.15) is 0 Å². The van der Waals surface area contributed by atoms with Gasteiger partial charge in [-0.3, -0.25) is 19.2 Å². The molecule has 0 radical (unpaired) electrons. The van der Waals surface area contributed by atoms with Crippen molar-refractivity contribution in [1.82, 2.24) is 26.6 Å². The van der Waals surface area contributed by atoms with Gasteiger partial charge in [-0.1, -0.05) is 25.7 Å². The summed E-state index contributed by atoms with van der Waals surface area (Å²) in [5.41, 5.74) is 0. The lowest BCUT2D eigenvalue weighted by molar-refractivity contribution is -0.270. The van der Waals surface area contributed by atoms with E-state index in [4.69, 9.17) is 23.7 Å². The van der Waals surface area contributed by atoms with Crippen molar-refractivity contribution < 1.29 is 73.2 Å². The molecule has 0 aromatic heterocycles. The maximum Gasteiger partial charge on any atom is 0.407 e. The van der Waals surface area contributed by atoms with Crippen LogP contribution in [-0.2, 0) is 42.9 Å². The predicted octanol–water partition coefficient (Wildman–Crippen LogP) is -1.57. The van der Waals surface area contributed by atoms with Crippen LogP contribution in [0, 0.1) is 5.92 Å². The van der Waals surface area contributed by atoms with Crippen LogP contribution in [0.1, 0.15) is 91.9 Å². The maximum atomic E-state index is 12.4. The molecule has 0 aromatic rings. The molecule has 57 heavy (non-hydrogen) atoms. The van der Waals surface area contributed by atoms with Gasteiger partial charge in [-0.05, 0) is 46.0 Å². The van der Waals surface area contributed by atoms with Crippen LogP contribution in [0.4, 0.5) is 4.79 Å². The summed E-state index contributed by atoms with van der Waals surface area (Å²) < 4.78 is 28.0. The Hall–Kier alpha value is -3.21. The van der Waals surface area contributed by atoms with Crippen molar-refractivity contribution in [1.29, 1.82) is 0 Å². The second-order valence-electron chi connectivity index (χ2n) is 14.8. The van der Waals surface area contributed by atoms with Gasteiger partial charge in [-0.15, -0.1) is 0 Å². The fraction of sp³-hybridized carbons (Fsp3) is 0.865. The van der Waals surface area contributed by atoms with Gasteiger partial charge in [0, 0.05) is 52.7 Å². The standard InChI is InChI=1S/C37H67N5O15/c1-22(2)56-21-40-29(47)18-28(46)38-13-9-5-8-12-16-54-36-31(42-24(4)45)35(51)33(49)27(57-36)20-55-37(52)39-14-10-6-7-11-15-53-26-17-25(19-43)32(48)34(50)30(26)41-23(3)44/h22,25-27,30-36,43,48-51H,5-21H2,1-4H3,(H,38,46)(H,39,52)(H,40,47)(H,41,44)(H,42,45). The Labute approximate surface area is 334 Å². The van der Waals surface area contributed by atoms with E-state index in [-0.39, 0.29) is 50.7 Å². The van der Waals surface area contributed by atoms with Crippen LogP contribution in [0.3, 0.4) is 0 Å². The molecule has 10 unspecified atom stereocenters. The first-order valence-electron chi connectivity index (χ1n) is 20.0. The fourth-order valence-corrected chi connectivity index (χ4v) is 6.44. The highest BCUT2D eigenvalue weighted by Gasteiger charge is 2.46. The first-order chi connectivity index (χ1) is 27.1. The van der Waals surface area contributed by atoms with Gasteiger partial charge >= 0.3 is 6.09 Å². The largest absolute Gasteiger partial charge is 0.447 e. The highest BCUT2D eigenvalue weighted by Crippen LogP contribution is 2.28. The van der Waals surface area contributed by atoms with Crippen LogP contribution in [0.5, 0.6) is 0 Å². The number of carbonyl (C=O) groups is 5. The van der Waals surface area contributed by atoms with E-state index in [9.17, 15) is 49.5 Å². The summed E-state index contributed by atoms with van der Waals surface area (Å²) in [6.45, 7) is 6.80. The molecular formula is C37H67N5O15. The fourth-order valence-electron chi connectivity index (χ4n) is 6.44. The van der Waals surface area contributed by atoms with Crippen LogP contribution in [0.2, 0.25) is 0 Å². The Balaban J connectivity index is 1.65. The number of alkyl carbamates (subject to hydrolysis) is 1. The summed E-state index contributed by atoms with van der Waals surface area (Å²) in [6, 6.07) is -1.87. The van der Waals surface area contributed by atoms with E-state index >= 15 is 0 Å². The SMILES string of the molecule is CC(=O)NC1C(OCCCCCCNC(=O)OCC2OC(OCCCCCCNC(=O)CC(=O)NCOC(C)C)C(NC(C)=O)C(O)C2O)CC(CO)C(O)C1O. The second kappa shape index (κ2) is 27.5. The van der Waals surface area contributed by atoms with Crippen LogP contribution in [0.15, 0.2) is 0 Å². The summed E-state index contributed by atoms with van der Waals surface area (Å²) in [5, 5.41) is 64.7. The van der Waals surface area contributed by atoms with Gasteiger partial charge < -0.3 is 75.8 Å². The number of hydrogen-bond donors (Lipinski definition) is 10. The van der Waals surface area contributed by atoms with Crippen LogP contribution in [-0.4, -0.2) is 163 Å². The molecule has 0 bridgehead atoms. The molecule has 1 aliphatic carbocycles. The molecule has 20 nitrogen and oxygen atoms in total. The lowest BCUT2D eigenvalue weighted by Gasteiger charge is -2.42. The highest BCUT2D eigenvalue weighted by atomic mass is 16.7. The molecule has 2 fully saturated rings. The Kier molecular flexibility index (Phi) is 24.1. The van der Waals surface area contributed by atoms with Crippen molar-refractivity contribution in [2.75, 3.05) is 46.2 Å². The number of aliphatic hydroxyl groups excluding tert-OH is 5. The number of amides is 5. The van der Waals surface area contributed by atoms with Crippen LogP contribution >= 0.6 is 0 Å². The van der Waals surface area contributed by atoms with E-state index in [0.717, 1.165) is 25.7 Å². The number of unbranched alkanes of at least 4 members (excludes halogenated alkanes) is 6. The van der Waals surface area contributed by atoms with Gasteiger partial charge in [0.1, 0.15) is 50.2 Å². The van der Waals surface area contributed by atoms with E-state index in [1.165, 1.54) is 13.8 Å². The molecule has 330 valence electrons. The second-order valence-corrected chi connectivity index (χ2v) is 14.8. The first kappa shape index (κ1) is 49.9. The summed E-state index contributed by atoms with van der Waals surface area (Å²) in [4.78, 5) is 59.5. The van der Waals surface area contributed by atoms with Crippen molar-refractivity contribution >= 4 is 29.7 Å². The van der Waals surface area contributed by atoms with E-state index in [0.29, 0.717) is 45.4 Å². The quantitative estimate of drug-likeness (QED) is 0.0268. The maximum absolute atomic E-state index is 12.4. The molecular weight excluding hydrogens is 754 g/mol. The van der Waals surface area contributed by atoms with E-state index in [1.807, 2.05) is 13.8 Å². The molecule has 2 rings (SSSR count). The zero-order valence-electron chi connectivity index (χ0n) is 33.7. The van der Waals surface area contributed by atoms with E-state index in [2.05, 4.69) is 26.6 Å². The number of hydrogen-bond acceptors (Lipinski definition) is 15. The average molecular weight is 822 g/mol. The van der Waals surface area contributed by atoms with Crippen molar-refractivity contribution in [3.05, 3.63) is 0 Å². The average Bonchev–Trinajstić information content (AvgIpc) is 3.14. The number of aliphatic hydroxyl groups is 5. The zero-order chi connectivity index (χ0) is 42.3. The van der Waals surface area contributed by atoms with Gasteiger partial charge in [0.2, 0.25) is 23.6 Å². The smallest absolute Gasteiger partial charge is 0.407 e. The summed E-state index contributed by atoms with van der Waals surface area (Å²) in [5.74, 6) is -2.21. The minimum Gasteiger partial charge on any atom is -0.447 e. The lowest BCUT2D eigenvalue weighted by Crippen LogP contribution is -2.64. The van der Waals surface area contributed by atoms with Gasteiger partial charge in [0.05, 0.1) is 24.4 Å². The molecule has 1 aliphatic heterocycles. The van der Waals surface area contributed by atoms with Crippen LogP contribution in [0.25, 0.3) is 0 Å². The molecule has 10 N–H and O–H groups in total. The van der Waals surface area contributed by atoms with Crippen LogP contribution < -0.4 is 26.6 Å². The summed E-state index contributed by atoms with van der Waals surface area (Å²) in [7, 11) is 0. The number of nitrogens with one attached hydrogen (secondary N) is 5. The van der Waals surface area contributed by atoms with Gasteiger partial charge in [0.25, 0.3) is 0 Å². The normalized spacial score (nSPS) is 27.3. The van der Waals surface area contributed by atoms with E-state index < -0.39 is 85.4 Å². The number of carbonyl (C=O) groups excluding carboxylic acids is 5. The molecule has 1 heterocycles. The van der Waals surface area contributed by atoms with Crippen molar-refractivity contribution in [2.45, 2.75) is 153 Å². The van der Waals surface area contributed by atoms with Crippen molar-refractivity contribution in [3.8, 4) is 0 Å². The topological polar surface area (TPSA) is 293 Å². The Morgan fingerprint density at radius 2 is 1.26 bits per heavy atom. The van der Waals surface area contributed by atoms with Crippen molar-refractivity contribution in [2.24, 2.45) is 5.92 Å². The molecule has 0 aromatic carbocycles. The molecule has 10 atom stereocenters. The highest BCUT2D eigenvalue weighted by molar-refractivity contribution is 5.96. The molecule has 0 spiro atoms. The molecule has 5 amide bonds. The molecule has 2 aliphatic rings. The predicted molar refractivity (Wildman–Crippen MR) is 202 cm³/mol. The molecule has 1 saturated heterocycles. The molecule has 20 heteroatoms. The minimum atomic E-state index is -1.49. The Morgan fingerprint density at radius 1 is 0.702 bits per heavy atom. The lowest BCUT2D eigenvalue weighted by atomic mass is 9.79. The van der Waals surface area contributed by atoms with Gasteiger partial charge in [-0.25, -0.2) is 4.79 Å². The van der Waals surface area contributed by atoms with E-state index in [1.54, 1.807) is 0 Å². The third-order valence-electron chi connectivity index (χ3n) is 9.55. The zero-order valence-corrected chi connectivity index (χ0v) is 33.7. The Bertz CT molecular complexity index is 1220. The summed E-state index contributed by atoms with van der Waals surface area (Å²) in [6.07, 6.45) is -3.49. The summed E-state index contributed by atoms with van der Waals surface area (Å²) >= 11 is 0. The number of ether oxygens (including phenoxy) is 5. The Morgan fingerprint density at radius 3 is 1.88 bits per heavy atom.